The van der Waals surface area contributed by atoms with Gasteiger partial charge in [-0.1, -0.05) is 12.8 Å². The van der Waals surface area contributed by atoms with E-state index < -0.39 is 34.5 Å². The minimum absolute atomic E-state index is 0.127. The number of nitrogens with zero attached hydrogens (tertiary/aromatic N) is 1. The number of rotatable bonds is 6. The number of methoxy groups -OCH3 is 1. The largest absolute Gasteiger partial charge is 0.467 e. The van der Waals surface area contributed by atoms with Crippen molar-refractivity contribution in [3.8, 4) is 0 Å². The summed E-state index contributed by atoms with van der Waals surface area (Å²) >= 11 is 0. The summed E-state index contributed by atoms with van der Waals surface area (Å²) in [6.45, 7) is 0.406. The van der Waals surface area contributed by atoms with Gasteiger partial charge < -0.3 is 15.2 Å². The molecule has 0 radical (unpaired) electrons. The first-order valence-corrected chi connectivity index (χ1v) is 9.94. The molecule has 1 fully saturated rings. The fraction of sp³-hybridized carbons (Fsp3) is 0.529. The van der Waals surface area contributed by atoms with E-state index in [9.17, 15) is 18.0 Å². The molecule has 1 atom stereocenters. The quantitative estimate of drug-likeness (QED) is 0.691. The van der Waals surface area contributed by atoms with E-state index in [1.54, 1.807) is 0 Å². The molecule has 0 unspecified atom stereocenters. The van der Waals surface area contributed by atoms with Gasteiger partial charge in [0.15, 0.2) is 6.04 Å². The number of hydrogen-bond acceptors (Lipinski definition) is 6. The van der Waals surface area contributed by atoms with Gasteiger partial charge in [0.05, 0.1) is 18.6 Å². The van der Waals surface area contributed by atoms with Crippen molar-refractivity contribution in [2.75, 3.05) is 26.8 Å². The molecule has 144 valence electrons. The van der Waals surface area contributed by atoms with Crippen molar-refractivity contribution in [2.24, 2.45) is 0 Å². The smallest absolute Gasteiger partial charge is 0.330 e. The van der Waals surface area contributed by atoms with E-state index in [0.717, 1.165) is 32.8 Å². The van der Waals surface area contributed by atoms with Crippen LogP contribution in [-0.2, 0) is 19.6 Å². The Kier molecular flexibility index (Phi) is 7.13. The van der Waals surface area contributed by atoms with Gasteiger partial charge in [0, 0.05) is 18.7 Å². The van der Waals surface area contributed by atoms with E-state index >= 15 is 0 Å². The Morgan fingerprint density at radius 3 is 2.23 bits per heavy atom. The fourth-order valence-electron chi connectivity index (χ4n) is 2.77. The molecule has 1 aliphatic heterocycles. The molecule has 0 bridgehead atoms. The van der Waals surface area contributed by atoms with Crippen LogP contribution in [0.5, 0.6) is 0 Å². The number of ether oxygens (including phenoxy) is 1. The summed E-state index contributed by atoms with van der Waals surface area (Å²) in [7, 11) is -2.43. The van der Waals surface area contributed by atoms with Crippen LogP contribution in [0.15, 0.2) is 29.2 Å². The van der Waals surface area contributed by atoms with Crippen LogP contribution in [0.4, 0.5) is 0 Å². The van der Waals surface area contributed by atoms with Crippen LogP contribution >= 0.6 is 0 Å². The van der Waals surface area contributed by atoms with Crippen LogP contribution in [0.3, 0.4) is 0 Å². The fourth-order valence-corrected chi connectivity index (χ4v) is 4.29. The van der Waals surface area contributed by atoms with Crippen molar-refractivity contribution in [1.82, 2.24) is 9.62 Å². The highest BCUT2D eigenvalue weighted by Crippen LogP contribution is 2.20. The van der Waals surface area contributed by atoms with Gasteiger partial charge in [0.2, 0.25) is 10.0 Å². The van der Waals surface area contributed by atoms with Gasteiger partial charge in [0.1, 0.15) is 0 Å². The number of hydrogen-bond donors (Lipinski definition) is 2. The molecule has 0 spiro atoms. The van der Waals surface area contributed by atoms with Crippen LogP contribution in [-0.4, -0.2) is 62.6 Å². The summed E-state index contributed by atoms with van der Waals surface area (Å²) in [4.78, 5) is 23.7. The normalized spacial score (nSPS) is 17.2. The highest BCUT2D eigenvalue weighted by atomic mass is 32.2. The van der Waals surface area contributed by atoms with Crippen molar-refractivity contribution in [2.45, 2.75) is 36.6 Å². The number of sulfonamides is 1. The van der Waals surface area contributed by atoms with Gasteiger partial charge in [-0.05, 0) is 37.1 Å². The standard InChI is InChI=1S/C17H24N2O6S/c1-25-17(22)15(12-20)18-16(21)13-6-8-14(9-7-13)26(23,24)19-10-4-2-3-5-11-19/h6-9,15,20H,2-5,10-12H2,1H3,(H,18,21)/t15-/m1/s1. The summed E-state index contributed by atoms with van der Waals surface area (Å²) in [5.41, 5.74) is 0.183. The molecule has 8 nitrogen and oxygen atoms in total. The van der Waals surface area contributed by atoms with Gasteiger partial charge in [-0.25, -0.2) is 13.2 Å². The zero-order chi connectivity index (χ0) is 19.2. The van der Waals surface area contributed by atoms with Crippen molar-refractivity contribution < 1.29 is 27.9 Å². The minimum atomic E-state index is -3.59. The molecular formula is C17H24N2O6S. The number of aliphatic hydroxyl groups excluding tert-OH is 1. The number of amides is 1. The Morgan fingerprint density at radius 1 is 1.15 bits per heavy atom. The average Bonchev–Trinajstić information content (AvgIpc) is 2.95. The number of esters is 1. The predicted octanol–water partition coefficient (Wildman–Crippen LogP) is 0.515. The number of nitrogens with one attached hydrogen (secondary N) is 1. The number of carbonyl (C=O) groups is 2. The lowest BCUT2D eigenvalue weighted by Gasteiger charge is -2.20. The van der Waals surface area contributed by atoms with E-state index in [0.29, 0.717) is 13.1 Å². The summed E-state index contributed by atoms with van der Waals surface area (Å²) < 4.78 is 31.4. The second-order valence-electron chi connectivity index (χ2n) is 6.07. The molecule has 1 amide bonds. The van der Waals surface area contributed by atoms with Gasteiger partial charge in [-0.2, -0.15) is 4.31 Å². The lowest BCUT2D eigenvalue weighted by molar-refractivity contribution is -0.143. The molecule has 1 aliphatic rings. The van der Waals surface area contributed by atoms with Crippen LogP contribution in [0.25, 0.3) is 0 Å². The second-order valence-corrected chi connectivity index (χ2v) is 8.01. The molecular weight excluding hydrogens is 360 g/mol. The third-order valence-electron chi connectivity index (χ3n) is 4.29. The van der Waals surface area contributed by atoms with Crippen LogP contribution in [0, 0.1) is 0 Å². The first-order chi connectivity index (χ1) is 12.4. The van der Waals surface area contributed by atoms with E-state index in [-0.39, 0.29) is 10.5 Å². The molecule has 2 N–H and O–H groups in total. The SMILES string of the molecule is COC(=O)[C@@H](CO)NC(=O)c1ccc(S(=O)(=O)N2CCCCCC2)cc1. The van der Waals surface area contributed by atoms with Gasteiger partial charge in [-0.3, -0.25) is 4.79 Å². The third-order valence-corrected chi connectivity index (χ3v) is 6.21. The maximum absolute atomic E-state index is 12.7. The van der Waals surface area contributed by atoms with E-state index in [2.05, 4.69) is 10.1 Å². The number of aliphatic hydroxyl groups is 1. The minimum Gasteiger partial charge on any atom is -0.467 e. The second kappa shape index (κ2) is 9.11. The molecule has 0 saturated carbocycles. The molecule has 1 heterocycles. The molecule has 0 aliphatic carbocycles. The molecule has 9 heteroatoms. The summed E-state index contributed by atoms with van der Waals surface area (Å²) in [5.74, 6) is -1.37. The summed E-state index contributed by atoms with van der Waals surface area (Å²) in [5, 5.41) is 11.5. The molecule has 0 aromatic heterocycles. The summed E-state index contributed by atoms with van der Waals surface area (Å²) in [6.07, 6.45) is 3.74. The number of carbonyl (C=O) groups excluding carboxylic acids is 2. The van der Waals surface area contributed by atoms with E-state index in [1.807, 2.05) is 0 Å². The Bertz CT molecular complexity index is 724. The van der Waals surface area contributed by atoms with E-state index in [1.165, 1.54) is 28.6 Å². The Balaban J connectivity index is 2.11. The zero-order valence-electron chi connectivity index (χ0n) is 14.7. The zero-order valence-corrected chi connectivity index (χ0v) is 15.5. The lowest BCUT2D eigenvalue weighted by Crippen LogP contribution is -2.44. The van der Waals surface area contributed by atoms with Gasteiger partial charge in [-0.15, -0.1) is 0 Å². The van der Waals surface area contributed by atoms with Gasteiger partial charge >= 0.3 is 5.97 Å². The average molecular weight is 384 g/mol. The first kappa shape index (κ1) is 20.3. The first-order valence-electron chi connectivity index (χ1n) is 8.50. The van der Waals surface area contributed by atoms with Crippen molar-refractivity contribution in [3.05, 3.63) is 29.8 Å². The van der Waals surface area contributed by atoms with Crippen LogP contribution in [0.2, 0.25) is 0 Å². The molecule has 2 rings (SSSR count). The van der Waals surface area contributed by atoms with Crippen LogP contribution < -0.4 is 5.32 Å². The topological polar surface area (TPSA) is 113 Å². The van der Waals surface area contributed by atoms with E-state index in [4.69, 9.17) is 5.11 Å². The third kappa shape index (κ3) is 4.80. The molecule has 26 heavy (non-hydrogen) atoms. The van der Waals surface area contributed by atoms with Crippen molar-refractivity contribution in [1.29, 1.82) is 0 Å². The molecule has 1 aromatic carbocycles. The maximum Gasteiger partial charge on any atom is 0.330 e. The summed E-state index contributed by atoms with van der Waals surface area (Å²) in [6, 6.07) is 4.34. The Hall–Kier alpha value is -1.97. The Labute approximate surface area is 153 Å². The van der Waals surface area contributed by atoms with Crippen molar-refractivity contribution >= 4 is 21.9 Å². The predicted molar refractivity (Wildman–Crippen MR) is 94.0 cm³/mol. The molecule has 1 saturated heterocycles. The lowest BCUT2D eigenvalue weighted by atomic mass is 10.2. The van der Waals surface area contributed by atoms with Crippen LogP contribution in [0.1, 0.15) is 36.0 Å². The molecule has 1 aromatic rings. The number of benzene rings is 1. The van der Waals surface area contributed by atoms with Gasteiger partial charge in [0.25, 0.3) is 5.91 Å². The Morgan fingerprint density at radius 2 is 1.73 bits per heavy atom. The highest BCUT2D eigenvalue weighted by Gasteiger charge is 2.26. The monoisotopic (exact) mass is 384 g/mol. The van der Waals surface area contributed by atoms with Crippen molar-refractivity contribution in [3.63, 3.8) is 0 Å². The maximum atomic E-state index is 12.7. The highest BCUT2D eigenvalue weighted by molar-refractivity contribution is 7.89.